The van der Waals surface area contributed by atoms with Gasteiger partial charge in [0.2, 0.25) is 0 Å². The number of amides is 1. The summed E-state index contributed by atoms with van der Waals surface area (Å²) in [5.41, 5.74) is 10.9. The van der Waals surface area contributed by atoms with Gasteiger partial charge in [0.15, 0.2) is 0 Å². The minimum Gasteiger partial charge on any atom is -0.326 e. The molecule has 0 heterocycles. The molecular weight excluding hydrogens is 238 g/mol. The van der Waals surface area contributed by atoms with Crippen molar-refractivity contribution >= 4 is 11.6 Å². The Bertz CT molecular complexity index is 537. The molecule has 0 bridgehead atoms. The fourth-order valence-electron chi connectivity index (χ4n) is 1.73. The van der Waals surface area contributed by atoms with E-state index < -0.39 is 0 Å². The molecule has 0 aliphatic heterocycles. The lowest BCUT2D eigenvalue weighted by molar-refractivity contribution is 0.0951. The van der Waals surface area contributed by atoms with Gasteiger partial charge in [-0.2, -0.15) is 0 Å². The molecule has 0 radical (unpaired) electrons. The van der Waals surface area contributed by atoms with E-state index in [0.717, 1.165) is 11.3 Å². The first-order valence-electron chi connectivity index (χ1n) is 6.09. The maximum Gasteiger partial charge on any atom is 0.269 e. The zero-order valence-electron chi connectivity index (χ0n) is 10.8. The van der Waals surface area contributed by atoms with Crippen molar-refractivity contribution in [2.24, 2.45) is 5.73 Å². The van der Waals surface area contributed by atoms with Crippen LogP contribution in [0.1, 0.15) is 15.9 Å². The van der Waals surface area contributed by atoms with Crippen molar-refractivity contribution in [1.29, 1.82) is 0 Å². The smallest absolute Gasteiger partial charge is 0.269 e. The average Bonchev–Trinajstić information content (AvgIpc) is 2.48. The van der Waals surface area contributed by atoms with Crippen molar-refractivity contribution in [2.45, 2.75) is 6.54 Å². The third kappa shape index (κ3) is 3.33. The van der Waals surface area contributed by atoms with E-state index in [9.17, 15) is 4.79 Å². The Morgan fingerprint density at radius 3 is 2.32 bits per heavy atom. The molecule has 0 atom stereocenters. The molecule has 0 spiro atoms. The number of rotatable bonds is 4. The lowest BCUT2D eigenvalue weighted by Crippen LogP contribution is -2.39. The van der Waals surface area contributed by atoms with Gasteiger partial charge in [0, 0.05) is 19.2 Å². The first kappa shape index (κ1) is 13.1. The Balaban J connectivity index is 2.04. The first-order chi connectivity index (χ1) is 9.20. The average molecular weight is 255 g/mol. The van der Waals surface area contributed by atoms with Crippen molar-refractivity contribution in [3.8, 4) is 0 Å². The lowest BCUT2D eigenvalue weighted by Gasteiger charge is -2.20. The maximum absolute atomic E-state index is 12.0. The van der Waals surface area contributed by atoms with E-state index in [-0.39, 0.29) is 5.91 Å². The van der Waals surface area contributed by atoms with Gasteiger partial charge in [-0.1, -0.05) is 30.3 Å². The molecule has 4 nitrogen and oxygen atoms in total. The van der Waals surface area contributed by atoms with E-state index in [1.54, 1.807) is 17.1 Å². The summed E-state index contributed by atoms with van der Waals surface area (Å²) in [7, 11) is 1.81. The van der Waals surface area contributed by atoms with Crippen LogP contribution in [-0.2, 0) is 6.54 Å². The highest BCUT2D eigenvalue weighted by Gasteiger charge is 2.08. The standard InChI is InChI=1S/C15H17N3O/c1-18(14-5-3-2-4-6-14)17-15(19)13-9-7-12(11-16)8-10-13/h2-10H,11,16H2,1H3,(H,17,19). The summed E-state index contributed by atoms with van der Waals surface area (Å²) >= 11 is 0. The monoisotopic (exact) mass is 255 g/mol. The largest absolute Gasteiger partial charge is 0.326 e. The SMILES string of the molecule is CN(NC(=O)c1ccc(CN)cc1)c1ccccc1. The van der Waals surface area contributed by atoms with Crippen LogP contribution in [0.15, 0.2) is 54.6 Å². The van der Waals surface area contributed by atoms with Crippen LogP contribution in [0, 0.1) is 0 Å². The van der Waals surface area contributed by atoms with Crippen LogP contribution in [-0.4, -0.2) is 13.0 Å². The third-order valence-electron chi connectivity index (χ3n) is 2.86. The van der Waals surface area contributed by atoms with Crippen LogP contribution in [0.25, 0.3) is 0 Å². The lowest BCUT2D eigenvalue weighted by atomic mass is 10.1. The molecule has 0 saturated carbocycles. The first-order valence-corrected chi connectivity index (χ1v) is 6.09. The van der Waals surface area contributed by atoms with Gasteiger partial charge < -0.3 is 5.73 Å². The van der Waals surface area contributed by atoms with E-state index in [1.807, 2.05) is 49.5 Å². The number of para-hydroxylation sites is 1. The van der Waals surface area contributed by atoms with Gasteiger partial charge >= 0.3 is 0 Å². The molecule has 2 rings (SSSR count). The van der Waals surface area contributed by atoms with Gasteiger partial charge in [-0.3, -0.25) is 15.2 Å². The Kier molecular flexibility index (Phi) is 4.15. The molecule has 0 fully saturated rings. The molecule has 0 saturated heterocycles. The van der Waals surface area contributed by atoms with Gasteiger partial charge in [-0.05, 0) is 29.8 Å². The number of hydrogen-bond acceptors (Lipinski definition) is 3. The molecule has 0 unspecified atom stereocenters. The Morgan fingerprint density at radius 2 is 1.74 bits per heavy atom. The molecular formula is C15H17N3O. The quantitative estimate of drug-likeness (QED) is 0.821. The van der Waals surface area contributed by atoms with Crippen LogP contribution in [0.5, 0.6) is 0 Å². The van der Waals surface area contributed by atoms with E-state index in [0.29, 0.717) is 12.1 Å². The second-order valence-electron chi connectivity index (χ2n) is 4.24. The number of anilines is 1. The fourth-order valence-corrected chi connectivity index (χ4v) is 1.73. The van der Waals surface area contributed by atoms with Crippen LogP contribution in [0.3, 0.4) is 0 Å². The van der Waals surface area contributed by atoms with Crippen LogP contribution < -0.4 is 16.2 Å². The topological polar surface area (TPSA) is 58.4 Å². The molecule has 3 N–H and O–H groups in total. The number of hydrazine groups is 1. The molecule has 0 aliphatic carbocycles. The second-order valence-corrected chi connectivity index (χ2v) is 4.24. The number of hydrogen-bond donors (Lipinski definition) is 2. The van der Waals surface area contributed by atoms with Crippen molar-refractivity contribution in [2.75, 3.05) is 12.1 Å². The summed E-state index contributed by atoms with van der Waals surface area (Å²) < 4.78 is 0. The maximum atomic E-state index is 12.0. The van der Waals surface area contributed by atoms with E-state index in [1.165, 1.54) is 0 Å². The van der Waals surface area contributed by atoms with Crippen molar-refractivity contribution in [3.05, 3.63) is 65.7 Å². The van der Waals surface area contributed by atoms with Gasteiger partial charge in [0.1, 0.15) is 0 Å². The fraction of sp³-hybridized carbons (Fsp3) is 0.133. The second kappa shape index (κ2) is 6.02. The molecule has 0 aromatic heterocycles. The van der Waals surface area contributed by atoms with Crippen molar-refractivity contribution < 1.29 is 4.79 Å². The Labute approximate surface area is 112 Å². The summed E-state index contributed by atoms with van der Waals surface area (Å²) in [5.74, 6) is -0.144. The van der Waals surface area contributed by atoms with E-state index >= 15 is 0 Å². The van der Waals surface area contributed by atoms with Crippen molar-refractivity contribution in [3.63, 3.8) is 0 Å². The van der Waals surface area contributed by atoms with Gasteiger partial charge in [0.05, 0.1) is 5.69 Å². The number of carbonyl (C=O) groups is 1. The zero-order valence-corrected chi connectivity index (χ0v) is 10.8. The third-order valence-corrected chi connectivity index (χ3v) is 2.86. The number of carbonyl (C=O) groups excluding carboxylic acids is 1. The van der Waals surface area contributed by atoms with E-state index in [2.05, 4.69) is 5.43 Å². The summed E-state index contributed by atoms with van der Waals surface area (Å²) in [5, 5.41) is 1.69. The molecule has 2 aromatic carbocycles. The highest BCUT2D eigenvalue weighted by molar-refractivity contribution is 5.95. The number of nitrogens with one attached hydrogen (secondary N) is 1. The highest BCUT2D eigenvalue weighted by atomic mass is 16.2. The predicted molar refractivity (Wildman–Crippen MR) is 76.6 cm³/mol. The molecule has 19 heavy (non-hydrogen) atoms. The molecule has 4 heteroatoms. The minimum absolute atomic E-state index is 0.144. The number of benzene rings is 2. The number of nitrogens with zero attached hydrogens (tertiary/aromatic N) is 1. The highest BCUT2D eigenvalue weighted by Crippen LogP contribution is 2.09. The normalized spacial score (nSPS) is 10.0. The molecule has 98 valence electrons. The van der Waals surface area contributed by atoms with Crippen LogP contribution in [0.2, 0.25) is 0 Å². The minimum atomic E-state index is -0.144. The molecule has 0 aliphatic rings. The Morgan fingerprint density at radius 1 is 1.11 bits per heavy atom. The summed E-state index contributed by atoms with van der Waals surface area (Å²) in [6, 6.07) is 16.9. The van der Waals surface area contributed by atoms with E-state index in [4.69, 9.17) is 5.73 Å². The van der Waals surface area contributed by atoms with Gasteiger partial charge in [-0.25, -0.2) is 0 Å². The summed E-state index contributed by atoms with van der Waals surface area (Å²) in [4.78, 5) is 12.0. The summed E-state index contributed by atoms with van der Waals surface area (Å²) in [6.07, 6.45) is 0. The Hall–Kier alpha value is -2.33. The summed E-state index contributed by atoms with van der Waals surface area (Å²) in [6.45, 7) is 0.478. The number of nitrogens with two attached hydrogens (primary N) is 1. The molecule has 2 aromatic rings. The van der Waals surface area contributed by atoms with Crippen LogP contribution in [0.4, 0.5) is 5.69 Å². The van der Waals surface area contributed by atoms with Gasteiger partial charge in [-0.15, -0.1) is 0 Å². The molecule has 1 amide bonds. The zero-order chi connectivity index (χ0) is 13.7. The van der Waals surface area contributed by atoms with Crippen LogP contribution >= 0.6 is 0 Å². The van der Waals surface area contributed by atoms with Crippen molar-refractivity contribution in [1.82, 2.24) is 5.43 Å². The van der Waals surface area contributed by atoms with Gasteiger partial charge in [0.25, 0.3) is 5.91 Å². The predicted octanol–water partition coefficient (Wildman–Crippen LogP) is 1.93.